The molecule has 0 spiro atoms. The van der Waals surface area contributed by atoms with Crippen molar-refractivity contribution < 1.29 is 0 Å². The lowest BCUT2D eigenvalue weighted by Crippen LogP contribution is -2.37. The summed E-state index contributed by atoms with van der Waals surface area (Å²) in [5, 5.41) is 0. The Balaban J connectivity index is 1.59. The van der Waals surface area contributed by atoms with Crippen LogP contribution in [0.4, 0.5) is 0 Å². The zero-order chi connectivity index (χ0) is 15.8. The molecule has 118 valence electrons. The number of hydrogen-bond acceptors (Lipinski definition) is 1. The molecular weight excluding hydrogens is 414 g/mol. The fourth-order valence-electron chi connectivity index (χ4n) is 3.91. The molecule has 0 aliphatic carbocycles. The number of nitrogens with zero attached hydrogens (tertiary/aromatic N) is 1. The molecule has 0 radical (unpaired) electrons. The highest BCUT2D eigenvalue weighted by Crippen LogP contribution is 2.40. The summed E-state index contributed by atoms with van der Waals surface area (Å²) in [6.07, 6.45) is 6.26. The largest absolute Gasteiger partial charge is 0.289 e. The van der Waals surface area contributed by atoms with Crippen molar-refractivity contribution in [3.8, 4) is 0 Å². The Morgan fingerprint density at radius 1 is 0.957 bits per heavy atom. The summed E-state index contributed by atoms with van der Waals surface area (Å²) in [5.74, 6) is 0. The SMILES string of the molecule is Brc1cc(Br)cc(C2=CC3CCC(C2)N3Cc2ccccc2)c1. The normalized spacial score (nSPS) is 23.8. The number of rotatable bonds is 3. The molecule has 1 saturated heterocycles. The molecule has 3 heteroatoms. The van der Waals surface area contributed by atoms with Crippen LogP contribution in [-0.2, 0) is 6.54 Å². The Labute approximate surface area is 154 Å². The molecule has 2 bridgehead atoms. The maximum Gasteiger partial charge on any atom is 0.0291 e. The second kappa shape index (κ2) is 6.54. The third-order valence-electron chi connectivity index (χ3n) is 4.98. The van der Waals surface area contributed by atoms with E-state index < -0.39 is 0 Å². The third kappa shape index (κ3) is 3.33. The fraction of sp³-hybridized carbons (Fsp3) is 0.300. The molecular formula is C20H19Br2N. The van der Waals surface area contributed by atoms with Gasteiger partial charge in [-0.2, -0.15) is 0 Å². The first-order chi connectivity index (χ1) is 11.2. The van der Waals surface area contributed by atoms with Crippen molar-refractivity contribution in [1.82, 2.24) is 4.90 Å². The van der Waals surface area contributed by atoms with E-state index in [0.29, 0.717) is 12.1 Å². The average molecular weight is 433 g/mol. The predicted octanol–water partition coefficient (Wildman–Crippen LogP) is 6.03. The van der Waals surface area contributed by atoms with E-state index >= 15 is 0 Å². The maximum absolute atomic E-state index is 3.61. The van der Waals surface area contributed by atoms with E-state index in [0.717, 1.165) is 21.9 Å². The van der Waals surface area contributed by atoms with Gasteiger partial charge < -0.3 is 0 Å². The maximum atomic E-state index is 3.61. The zero-order valence-corrected chi connectivity index (χ0v) is 16.1. The van der Waals surface area contributed by atoms with Crippen molar-refractivity contribution in [3.05, 3.63) is 74.7 Å². The standard InChI is InChI=1S/C20H19Br2N/c21-17-8-15(9-18(22)12-17)16-10-19-6-7-20(11-16)23(19)13-14-4-2-1-3-5-14/h1-5,8-10,12,19-20H,6-7,11,13H2. The number of halogens is 2. The third-order valence-corrected chi connectivity index (χ3v) is 5.90. The zero-order valence-electron chi connectivity index (χ0n) is 12.9. The molecule has 0 amide bonds. The van der Waals surface area contributed by atoms with E-state index in [1.54, 1.807) is 0 Å². The van der Waals surface area contributed by atoms with Crippen LogP contribution >= 0.6 is 31.9 Å². The molecule has 2 aliphatic rings. The minimum Gasteiger partial charge on any atom is -0.289 e. The summed E-state index contributed by atoms with van der Waals surface area (Å²) in [6.45, 7) is 1.07. The number of fused-ring (bicyclic) bond motifs is 2. The summed E-state index contributed by atoms with van der Waals surface area (Å²) in [7, 11) is 0. The van der Waals surface area contributed by atoms with Crippen LogP contribution in [0.25, 0.3) is 5.57 Å². The Morgan fingerprint density at radius 2 is 1.70 bits per heavy atom. The van der Waals surface area contributed by atoms with Gasteiger partial charge in [-0.1, -0.05) is 68.3 Å². The van der Waals surface area contributed by atoms with Crippen LogP contribution in [0.1, 0.15) is 30.4 Å². The molecule has 2 heterocycles. The van der Waals surface area contributed by atoms with E-state index in [9.17, 15) is 0 Å². The molecule has 0 saturated carbocycles. The molecule has 0 aromatic heterocycles. The van der Waals surface area contributed by atoms with Crippen molar-refractivity contribution >= 4 is 37.4 Å². The van der Waals surface area contributed by atoms with Crippen LogP contribution in [0.3, 0.4) is 0 Å². The van der Waals surface area contributed by atoms with Crippen LogP contribution in [0.5, 0.6) is 0 Å². The summed E-state index contributed by atoms with van der Waals surface area (Å²) in [5.41, 5.74) is 4.28. The van der Waals surface area contributed by atoms with Crippen LogP contribution in [-0.4, -0.2) is 17.0 Å². The van der Waals surface area contributed by atoms with Gasteiger partial charge in [0.15, 0.2) is 0 Å². The van der Waals surface area contributed by atoms with Crippen molar-refractivity contribution in [1.29, 1.82) is 0 Å². The van der Waals surface area contributed by atoms with Gasteiger partial charge in [0.2, 0.25) is 0 Å². The van der Waals surface area contributed by atoms with Gasteiger partial charge in [-0.25, -0.2) is 0 Å². The topological polar surface area (TPSA) is 3.24 Å². The van der Waals surface area contributed by atoms with Gasteiger partial charge in [-0.15, -0.1) is 0 Å². The van der Waals surface area contributed by atoms with E-state index in [-0.39, 0.29) is 0 Å². The minimum atomic E-state index is 0.585. The van der Waals surface area contributed by atoms with E-state index in [1.165, 1.54) is 29.5 Å². The molecule has 2 aromatic carbocycles. The summed E-state index contributed by atoms with van der Waals surface area (Å²) in [4.78, 5) is 2.69. The fourth-order valence-corrected chi connectivity index (χ4v) is 5.21. The summed E-state index contributed by atoms with van der Waals surface area (Å²) in [6, 6.07) is 18.7. The van der Waals surface area contributed by atoms with Crippen LogP contribution in [0, 0.1) is 0 Å². The van der Waals surface area contributed by atoms with Gasteiger partial charge in [0.25, 0.3) is 0 Å². The molecule has 2 atom stereocenters. The smallest absolute Gasteiger partial charge is 0.0291 e. The second-order valence-electron chi connectivity index (χ2n) is 6.51. The van der Waals surface area contributed by atoms with Gasteiger partial charge >= 0.3 is 0 Å². The molecule has 23 heavy (non-hydrogen) atoms. The van der Waals surface area contributed by atoms with Gasteiger partial charge in [0.1, 0.15) is 0 Å². The van der Waals surface area contributed by atoms with Crippen molar-refractivity contribution in [2.45, 2.75) is 37.9 Å². The monoisotopic (exact) mass is 431 g/mol. The first-order valence-corrected chi connectivity index (χ1v) is 9.74. The Bertz CT molecular complexity index is 718. The number of hydrogen-bond donors (Lipinski definition) is 0. The van der Waals surface area contributed by atoms with Gasteiger partial charge in [0.05, 0.1) is 0 Å². The summed E-state index contributed by atoms with van der Waals surface area (Å²) < 4.78 is 2.28. The lowest BCUT2D eigenvalue weighted by molar-refractivity contribution is 0.203. The Morgan fingerprint density at radius 3 is 2.39 bits per heavy atom. The van der Waals surface area contributed by atoms with Gasteiger partial charge in [0, 0.05) is 27.6 Å². The number of benzene rings is 2. The van der Waals surface area contributed by atoms with Crippen LogP contribution in [0.15, 0.2) is 63.6 Å². The second-order valence-corrected chi connectivity index (χ2v) is 8.34. The van der Waals surface area contributed by atoms with Crippen molar-refractivity contribution in [2.75, 3.05) is 0 Å². The molecule has 2 aromatic rings. The highest BCUT2D eigenvalue weighted by atomic mass is 79.9. The molecule has 2 unspecified atom stereocenters. The molecule has 0 N–H and O–H groups in total. The van der Waals surface area contributed by atoms with Crippen LogP contribution in [0.2, 0.25) is 0 Å². The molecule has 1 fully saturated rings. The van der Waals surface area contributed by atoms with E-state index in [4.69, 9.17) is 0 Å². The quantitative estimate of drug-likeness (QED) is 0.572. The summed E-state index contributed by atoms with van der Waals surface area (Å²) >= 11 is 7.23. The molecule has 4 rings (SSSR count). The average Bonchev–Trinajstić information content (AvgIpc) is 2.77. The van der Waals surface area contributed by atoms with Gasteiger partial charge in [-0.05, 0) is 54.2 Å². The first kappa shape index (κ1) is 15.6. The Kier molecular flexibility index (Phi) is 4.44. The lowest BCUT2D eigenvalue weighted by atomic mass is 9.94. The minimum absolute atomic E-state index is 0.585. The predicted molar refractivity (Wildman–Crippen MR) is 103 cm³/mol. The van der Waals surface area contributed by atoms with E-state index in [1.807, 2.05) is 0 Å². The molecule has 1 nitrogen and oxygen atoms in total. The van der Waals surface area contributed by atoms with E-state index in [2.05, 4.69) is 91.4 Å². The highest BCUT2D eigenvalue weighted by molar-refractivity contribution is 9.11. The van der Waals surface area contributed by atoms with Crippen molar-refractivity contribution in [2.24, 2.45) is 0 Å². The highest BCUT2D eigenvalue weighted by Gasteiger charge is 2.36. The lowest BCUT2D eigenvalue weighted by Gasteiger charge is -2.34. The first-order valence-electron chi connectivity index (χ1n) is 8.16. The molecule has 2 aliphatic heterocycles. The Hall–Kier alpha value is -0.900. The van der Waals surface area contributed by atoms with Crippen LogP contribution < -0.4 is 0 Å². The van der Waals surface area contributed by atoms with Gasteiger partial charge in [-0.3, -0.25) is 4.90 Å². The van der Waals surface area contributed by atoms with Crippen molar-refractivity contribution in [3.63, 3.8) is 0 Å².